The van der Waals surface area contributed by atoms with Gasteiger partial charge in [-0.15, -0.1) is 5.10 Å². The first-order valence-electron chi connectivity index (χ1n) is 12.9. The number of nitrogens with zero attached hydrogens (tertiary/aromatic N) is 5. The van der Waals surface area contributed by atoms with Crippen molar-refractivity contribution in [3.8, 4) is 5.75 Å². The van der Waals surface area contributed by atoms with Crippen LogP contribution in [0.4, 0.5) is 11.4 Å². The molecule has 5 aromatic rings. The number of hydrogen-bond acceptors (Lipinski definition) is 6. The molecule has 0 saturated carbocycles. The minimum absolute atomic E-state index is 0.125. The van der Waals surface area contributed by atoms with Crippen molar-refractivity contribution in [3.05, 3.63) is 100 Å². The number of carbonyl (C=O) groups is 1. The molecule has 2 N–H and O–H groups in total. The molecule has 204 valence electrons. The van der Waals surface area contributed by atoms with E-state index in [4.69, 9.17) is 16.3 Å². The molecular weight excluding hydrogens is 528 g/mol. The van der Waals surface area contributed by atoms with Crippen LogP contribution in [0.25, 0.3) is 10.9 Å². The van der Waals surface area contributed by atoms with Crippen LogP contribution < -0.4 is 14.5 Å². The summed E-state index contributed by atoms with van der Waals surface area (Å²) in [7, 11) is 5.33. The van der Waals surface area contributed by atoms with Crippen molar-refractivity contribution < 1.29 is 14.6 Å². The van der Waals surface area contributed by atoms with Gasteiger partial charge in [0.05, 0.1) is 25.5 Å². The van der Waals surface area contributed by atoms with E-state index in [1.165, 1.54) is 23.0 Å². The number of aliphatic hydroxyl groups is 1. The zero-order valence-electron chi connectivity index (χ0n) is 22.4. The quantitative estimate of drug-likeness (QED) is 0.292. The van der Waals surface area contributed by atoms with Gasteiger partial charge in [-0.2, -0.15) is 0 Å². The third kappa shape index (κ3) is 4.18. The fourth-order valence-corrected chi connectivity index (χ4v) is 5.73. The summed E-state index contributed by atoms with van der Waals surface area (Å²) in [4.78, 5) is 20.8. The van der Waals surface area contributed by atoms with Crippen molar-refractivity contribution in [1.29, 1.82) is 0 Å². The van der Waals surface area contributed by atoms with E-state index in [2.05, 4.69) is 27.4 Å². The number of ether oxygens (including phenoxy) is 1. The van der Waals surface area contributed by atoms with Crippen molar-refractivity contribution in [2.45, 2.75) is 25.1 Å². The Kier molecular flexibility index (Phi) is 6.48. The molecule has 0 radical (unpaired) electrons. The Bertz CT molecular complexity index is 1730. The summed E-state index contributed by atoms with van der Waals surface area (Å²) in [5.74, 6) is -0.141. The average molecular weight is 557 g/mol. The molecule has 2 aromatic heterocycles. The normalized spacial score (nSPS) is 16.5. The molecule has 40 heavy (non-hydrogen) atoms. The number of fused-ring (bicyclic) bond motifs is 2. The highest BCUT2D eigenvalue weighted by Gasteiger charge is 2.54. The van der Waals surface area contributed by atoms with Crippen LogP contribution in [0.2, 0.25) is 5.02 Å². The first kappa shape index (κ1) is 25.9. The van der Waals surface area contributed by atoms with Gasteiger partial charge >= 0.3 is 0 Å². The van der Waals surface area contributed by atoms with E-state index in [0.29, 0.717) is 34.8 Å². The van der Waals surface area contributed by atoms with Gasteiger partial charge in [-0.1, -0.05) is 41.1 Å². The van der Waals surface area contributed by atoms with Gasteiger partial charge in [-0.25, -0.2) is 0 Å². The van der Waals surface area contributed by atoms with Gasteiger partial charge in [0.25, 0.3) is 5.91 Å². The number of para-hydroxylation sites is 1. The van der Waals surface area contributed by atoms with Crippen LogP contribution in [0.1, 0.15) is 22.4 Å². The predicted octanol–water partition coefficient (Wildman–Crippen LogP) is 4.51. The fraction of sp³-hybridized carbons (Fsp3) is 0.233. The summed E-state index contributed by atoms with van der Waals surface area (Å²) in [6.45, 7) is 0.754. The molecule has 6 rings (SSSR count). The first-order valence-corrected chi connectivity index (χ1v) is 13.3. The summed E-state index contributed by atoms with van der Waals surface area (Å²) < 4.78 is 7.40. The predicted molar refractivity (Wildman–Crippen MR) is 155 cm³/mol. The monoisotopic (exact) mass is 556 g/mol. The number of nitrogens with one attached hydrogen (secondary N) is 1. The molecule has 9 nitrogen and oxygen atoms in total. The highest BCUT2D eigenvalue weighted by molar-refractivity contribution is 6.33. The minimum Gasteiger partial charge on any atom is -0.496 e. The fourth-order valence-electron chi connectivity index (χ4n) is 5.43. The lowest BCUT2D eigenvalue weighted by Gasteiger charge is -2.26. The molecule has 1 aliphatic rings. The van der Waals surface area contributed by atoms with Crippen LogP contribution in [0.15, 0.2) is 73.1 Å². The van der Waals surface area contributed by atoms with Crippen molar-refractivity contribution in [3.63, 3.8) is 0 Å². The van der Waals surface area contributed by atoms with Crippen molar-refractivity contribution in [2.24, 2.45) is 0 Å². The summed E-state index contributed by atoms with van der Waals surface area (Å²) in [5.41, 5.74) is 2.90. The minimum atomic E-state index is -2.03. The number of aromatic amines is 1. The molecule has 0 aliphatic carbocycles. The molecule has 10 heteroatoms. The average Bonchev–Trinajstić information content (AvgIpc) is 3.65. The zero-order chi connectivity index (χ0) is 28.0. The van der Waals surface area contributed by atoms with E-state index in [1.54, 1.807) is 35.0 Å². The maximum atomic E-state index is 14.0. The van der Waals surface area contributed by atoms with E-state index in [-0.39, 0.29) is 11.6 Å². The number of benzene rings is 3. The number of aromatic nitrogens is 4. The molecular formula is C30H29ClN6O3. The molecule has 0 unspecified atom stereocenters. The van der Waals surface area contributed by atoms with E-state index >= 15 is 0 Å². The van der Waals surface area contributed by atoms with Crippen LogP contribution in [0.3, 0.4) is 0 Å². The standard InChI is InChI=1S/C30H29ClN6O3/c1-35(2)21-11-12-23(27(15-21)40-3)30(39)28-24(31)8-6-10-26(28)37(29(30)38)18-20-17-36(34-33-20)14-13-19-16-32-25-9-5-4-7-22(19)25/h4-12,15-17,32,39H,13-14,18H2,1-3H3/t30-/m1/s1. The molecule has 0 fully saturated rings. The Labute approximate surface area is 236 Å². The Morgan fingerprint density at radius 2 is 1.95 bits per heavy atom. The van der Waals surface area contributed by atoms with Crippen LogP contribution in [-0.4, -0.2) is 52.2 Å². The largest absolute Gasteiger partial charge is 0.496 e. The number of H-pyrrole nitrogens is 1. The van der Waals surface area contributed by atoms with E-state index in [1.807, 2.05) is 49.6 Å². The maximum Gasteiger partial charge on any atom is 0.269 e. The van der Waals surface area contributed by atoms with E-state index in [9.17, 15) is 9.90 Å². The maximum absolute atomic E-state index is 14.0. The Hall–Kier alpha value is -4.34. The second kappa shape index (κ2) is 10.0. The molecule has 3 aromatic carbocycles. The summed E-state index contributed by atoms with van der Waals surface area (Å²) in [6, 6.07) is 18.7. The summed E-state index contributed by atoms with van der Waals surface area (Å²) in [5, 5.41) is 22.2. The van der Waals surface area contributed by atoms with Gasteiger partial charge < -0.3 is 24.6 Å². The number of halogens is 1. The summed E-state index contributed by atoms with van der Waals surface area (Å²) in [6.07, 6.45) is 4.62. The van der Waals surface area contributed by atoms with Gasteiger partial charge in [0.1, 0.15) is 11.4 Å². The number of aryl methyl sites for hydroxylation is 2. The van der Waals surface area contributed by atoms with Crippen molar-refractivity contribution in [2.75, 3.05) is 31.0 Å². The molecule has 0 spiro atoms. The number of amides is 1. The van der Waals surface area contributed by atoms with Gasteiger partial charge in [0.15, 0.2) is 0 Å². The molecule has 1 aliphatic heterocycles. The highest BCUT2D eigenvalue weighted by Crippen LogP contribution is 2.50. The number of methoxy groups -OCH3 is 1. The highest BCUT2D eigenvalue weighted by atomic mass is 35.5. The lowest BCUT2D eigenvalue weighted by molar-refractivity contribution is -0.132. The topological polar surface area (TPSA) is 99.5 Å². The molecule has 1 atom stereocenters. The van der Waals surface area contributed by atoms with Gasteiger partial charge in [0.2, 0.25) is 5.60 Å². The SMILES string of the molecule is COc1cc(N(C)C)ccc1[C@]1(O)C(=O)N(Cc2cn(CCc3c[nH]c4ccccc34)nn2)c2cccc(Cl)c21. The van der Waals surface area contributed by atoms with E-state index < -0.39 is 11.5 Å². The van der Waals surface area contributed by atoms with E-state index in [0.717, 1.165) is 17.6 Å². The summed E-state index contributed by atoms with van der Waals surface area (Å²) >= 11 is 6.63. The third-order valence-electron chi connectivity index (χ3n) is 7.48. The second-order valence-electron chi connectivity index (χ2n) is 10.1. The smallest absolute Gasteiger partial charge is 0.269 e. The van der Waals surface area contributed by atoms with Gasteiger partial charge in [0, 0.05) is 65.6 Å². The van der Waals surface area contributed by atoms with Crippen LogP contribution in [0, 0.1) is 0 Å². The number of hydrogen-bond donors (Lipinski definition) is 2. The second-order valence-corrected chi connectivity index (χ2v) is 10.5. The number of anilines is 2. The molecule has 0 saturated heterocycles. The molecule has 1 amide bonds. The van der Waals surface area contributed by atoms with Gasteiger partial charge in [-0.05, 0) is 42.3 Å². The Morgan fingerprint density at radius 1 is 1.12 bits per heavy atom. The Balaban J connectivity index is 1.29. The lowest BCUT2D eigenvalue weighted by Crippen LogP contribution is -2.41. The van der Waals surface area contributed by atoms with Crippen LogP contribution in [0.5, 0.6) is 5.75 Å². The van der Waals surface area contributed by atoms with Crippen molar-refractivity contribution in [1.82, 2.24) is 20.0 Å². The molecule has 0 bridgehead atoms. The lowest BCUT2D eigenvalue weighted by atomic mass is 9.86. The third-order valence-corrected chi connectivity index (χ3v) is 7.80. The van der Waals surface area contributed by atoms with Gasteiger partial charge in [-0.3, -0.25) is 9.48 Å². The van der Waals surface area contributed by atoms with Crippen LogP contribution in [-0.2, 0) is 29.9 Å². The van der Waals surface area contributed by atoms with Crippen LogP contribution >= 0.6 is 11.6 Å². The first-order chi connectivity index (χ1) is 19.3. The number of carbonyl (C=O) groups excluding carboxylic acids is 1. The zero-order valence-corrected chi connectivity index (χ0v) is 23.2. The Morgan fingerprint density at radius 3 is 2.75 bits per heavy atom. The molecule has 3 heterocycles. The van der Waals surface area contributed by atoms with Crippen molar-refractivity contribution >= 4 is 39.8 Å². The number of rotatable bonds is 8.